The van der Waals surface area contributed by atoms with Crippen molar-refractivity contribution in [3.8, 4) is 11.4 Å². The fraction of sp³-hybridized carbons (Fsp3) is 0.667. The number of nitrogens with one attached hydrogen (secondary N) is 1. The van der Waals surface area contributed by atoms with Crippen molar-refractivity contribution in [2.45, 2.75) is 130 Å². The molecule has 0 spiro atoms. The Morgan fingerprint density at radius 1 is 0.953 bits per heavy atom. The second-order valence-corrected chi connectivity index (χ2v) is 13.4. The minimum atomic E-state index is -0.798. The standard InChI is InChI=1S/C33H51N5O5/c1-8-9-10-11-12-13-14-15-16-24-17-19-25(20-18-24)27-34-28(43-37-27)26-21-22-38(23-26)29(35-30(39)41-32(2,3)4)36-31(40)42-33(5,6)7/h17-20,26H,8-16,21-23H2,1-7H3,(H,35,36,39,40)/t26-/m1/s1. The summed E-state index contributed by atoms with van der Waals surface area (Å²) in [6.07, 6.45) is 10.8. The normalized spacial score (nSPS) is 15.9. The van der Waals surface area contributed by atoms with E-state index in [-0.39, 0.29) is 11.9 Å². The SMILES string of the molecule is CCCCCCCCCCc1ccc(-c2noc([C@@H]3CCN(C(=NC(=O)OC(C)(C)C)NC(=O)OC(C)(C)C)C3)n2)cc1. The number of aryl methyl sites for hydroxylation is 1. The number of likely N-dealkylation sites (tertiary alicyclic amines) is 1. The molecule has 2 amide bonds. The number of aliphatic imine (C=N–C) groups is 1. The molecule has 2 heterocycles. The van der Waals surface area contributed by atoms with E-state index in [2.05, 4.69) is 39.5 Å². The van der Waals surface area contributed by atoms with Crippen molar-refractivity contribution in [1.29, 1.82) is 0 Å². The average molecular weight is 598 g/mol. The summed E-state index contributed by atoms with van der Waals surface area (Å²) in [5.74, 6) is 1.03. The molecule has 1 fully saturated rings. The zero-order valence-corrected chi connectivity index (χ0v) is 27.2. The minimum Gasteiger partial charge on any atom is -0.444 e. The van der Waals surface area contributed by atoms with Crippen molar-refractivity contribution in [2.75, 3.05) is 13.1 Å². The molecule has 10 heteroatoms. The molecule has 43 heavy (non-hydrogen) atoms. The Kier molecular flexibility index (Phi) is 12.6. The first kappa shape index (κ1) is 34.1. The van der Waals surface area contributed by atoms with E-state index in [0.29, 0.717) is 31.2 Å². The molecule has 0 bridgehead atoms. The van der Waals surface area contributed by atoms with Crippen LogP contribution in [0.2, 0.25) is 0 Å². The molecule has 1 atom stereocenters. The Bertz CT molecular complexity index is 1190. The molecule has 10 nitrogen and oxygen atoms in total. The lowest BCUT2D eigenvalue weighted by molar-refractivity contribution is 0.0555. The second-order valence-electron chi connectivity index (χ2n) is 13.4. The summed E-state index contributed by atoms with van der Waals surface area (Å²) >= 11 is 0. The Balaban J connectivity index is 1.57. The van der Waals surface area contributed by atoms with E-state index in [4.69, 9.17) is 14.0 Å². The smallest absolute Gasteiger partial charge is 0.437 e. The Hall–Kier alpha value is -3.43. The lowest BCUT2D eigenvalue weighted by atomic mass is 10.0. The molecule has 0 radical (unpaired) electrons. The molecule has 0 aliphatic carbocycles. The van der Waals surface area contributed by atoms with Gasteiger partial charge in [0.1, 0.15) is 11.2 Å². The van der Waals surface area contributed by atoms with Gasteiger partial charge in [-0.2, -0.15) is 4.98 Å². The van der Waals surface area contributed by atoms with E-state index in [9.17, 15) is 9.59 Å². The van der Waals surface area contributed by atoms with E-state index >= 15 is 0 Å². The zero-order valence-electron chi connectivity index (χ0n) is 27.2. The topological polar surface area (TPSA) is 119 Å². The number of carbonyl (C=O) groups is 2. The molecule has 3 rings (SSSR count). The van der Waals surface area contributed by atoms with Crippen molar-refractivity contribution in [2.24, 2.45) is 4.99 Å². The first-order chi connectivity index (χ1) is 20.3. The third-order valence-electron chi connectivity index (χ3n) is 7.01. The maximum Gasteiger partial charge on any atom is 0.437 e. The Morgan fingerprint density at radius 3 is 2.21 bits per heavy atom. The molecule has 1 saturated heterocycles. The maximum absolute atomic E-state index is 12.5. The fourth-order valence-electron chi connectivity index (χ4n) is 4.90. The number of carbonyl (C=O) groups excluding carboxylic acids is 2. The van der Waals surface area contributed by atoms with Gasteiger partial charge in [-0.1, -0.05) is 81.3 Å². The highest BCUT2D eigenvalue weighted by Gasteiger charge is 2.32. The van der Waals surface area contributed by atoms with Crippen LogP contribution in [-0.2, 0) is 15.9 Å². The molecule has 238 valence electrons. The van der Waals surface area contributed by atoms with Crippen molar-refractivity contribution in [3.63, 3.8) is 0 Å². The molecule has 0 unspecified atom stereocenters. The zero-order chi connectivity index (χ0) is 31.5. The highest BCUT2D eigenvalue weighted by Crippen LogP contribution is 2.28. The number of guanidine groups is 1. The quantitative estimate of drug-likeness (QED) is 0.157. The Morgan fingerprint density at radius 2 is 1.58 bits per heavy atom. The van der Waals surface area contributed by atoms with Crippen LogP contribution in [0, 0.1) is 0 Å². The molecular formula is C33H51N5O5. The molecule has 1 aliphatic heterocycles. The van der Waals surface area contributed by atoms with Crippen LogP contribution in [0.15, 0.2) is 33.8 Å². The molecule has 1 aromatic heterocycles. The van der Waals surface area contributed by atoms with Gasteiger partial charge in [0, 0.05) is 18.7 Å². The summed E-state index contributed by atoms with van der Waals surface area (Å²) in [4.78, 5) is 35.5. The number of unbranched alkanes of at least 4 members (excludes halogenated alkanes) is 7. The van der Waals surface area contributed by atoms with Gasteiger partial charge in [0.2, 0.25) is 17.7 Å². The predicted molar refractivity (Wildman–Crippen MR) is 168 cm³/mol. The number of hydrogen-bond donors (Lipinski definition) is 1. The van der Waals surface area contributed by atoms with Crippen molar-refractivity contribution in [1.82, 2.24) is 20.4 Å². The summed E-state index contributed by atoms with van der Waals surface area (Å²) in [6, 6.07) is 8.38. The second kappa shape index (κ2) is 15.9. The van der Waals surface area contributed by atoms with Crippen LogP contribution >= 0.6 is 0 Å². The molecule has 0 saturated carbocycles. The first-order valence-electron chi connectivity index (χ1n) is 15.8. The van der Waals surface area contributed by atoms with Gasteiger partial charge in [-0.25, -0.2) is 9.59 Å². The number of amides is 2. The lowest BCUT2D eigenvalue weighted by Crippen LogP contribution is -2.45. The van der Waals surface area contributed by atoms with Crippen molar-refractivity contribution >= 4 is 18.1 Å². The van der Waals surface area contributed by atoms with Crippen LogP contribution in [0.3, 0.4) is 0 Å². The molecule has 2 aromatic rings. The molecule has 1 aromatic carbocycles. The number of ether oxygens (including phenoxy) is 2. The fourth-order valence-corrected chi connectivity index (χ4v) is 4.90. The van der Waals surface area contributed by atoms with Crippen LogP contribution in [0.25, 0.3) is 11.4 Å². The van der Waals surface area contributed by atoms with E-state index < -0.39 is 23.4 Å². The number of rotatable bonds is 11. The van der Waals surface area contributed by atoms with Crippen molar-refractivity contribution < 1.29 is 23.6 Å². The van der Waals surface area contributed by atoms with Gasteiger partial charge < -0.3 is 18.9 Å². The third kappa shape index (κ3) is 12.4. The summed E-state index contributed by atoms with van der Waals surface area (Å²) < 4.78 is 16.4. The van der Waals surface area contributed by atoms with Gasteiger partial charge in [0.15, 0.2) is 0 Å². The van der Waals surface area contributed by atoms with Gasteiger partial charge in [0.05, 0.1) is 5.92 Å². The monoisotopic (exact) mass is 597 g/mol. The number of aromatic nitrogens is 2. The van der Waals surface area contributed by atoms with E-state index in [1.54, 1.807) is 46.4 Å². The van der Waals surface area contributed by atoms with Crippen molar-refractivity contribution in [3.05, 3.63) is 35.7 Å². The van der Waals surface area contributed by atoms with Gasteiger partial charge in [-0.15, -0.1) is 4.99 Å². The maximum atomic E-state index is 12.5. The molecule has 1 N–H and O–H groups in total. The summed E-state index contributed by atoms with van der Waals surface area (Å²) in [5.41, 5.74) is 0.792. The van der Waals surface area contributed by atoms with E-state index in [0.717, 1.165) is 12.0 Å². The summed E-state index contributed by atoms with van der Waals surface area (Å²) in [6.45, 7) is 13.8. The first-order valence-corrected chi connectivity index (χ1v) is 15.8. The van der Waals surface area contributed by atoms with E-state index in [1.807, 2.05) is 12.1 Å². The average Bonchev–Trinajstić information content (AvgIpc) is 3.58. The van der Waals surface area contributed by atoms with Gasteiger partial charge in [-0.3, -0.25) is 5.32 Å². The molecular weight excluding hydrogens is 546 g/mol. The lowest BCUT2D eigenvalue weighted by Gasteiger charge is -2.24. The number of nitrogens with zero attached hydrogens (tertiary/aromatic N) is 4. The van der Waals surface area contributed by atoms with E-state index in [1.165, 1.54) is 56.9 Å². The highest BCUT2D eigenvalue weighted by atomic mass is 16.6. The number of alkyl carbamates (subject to hydrolysis) is 1. The van der Waals surface area contributed by atoms with Crippen LogP contribution in [-0.4, -0.2) is 57.5 Å². The van der Waals surface area contributed by atoms with Crippen LogP contribution in [0.5, 0.6) is 0 Å². The van der Waals surface area contributed by atoms with Crippen LogP contribution in [0.1, 0.15) is 124 Å². The van der Waals surface area contributed by atoms with Crippen LogP contribution in [0.4, 0.5) is 9.59 Å². The largest absolute Gasteiger partial charge is 0.444 e. The molecule has 1 aliphatic rings. The highest BCUT2D eigenvalue weighted by molar-refractivity contribution is 5.99. The third-order valence-corrected chi connectivity index (χ3v) is 7.01. The number of benzene rings is 1. The van der Waals surface area contributed by atoms with Gasteiger partial charge >= 0.3 is 12.2 Å². The Labute approximate surface area is 257 Å². The summed E-state index contributed by atoms with van der Waals surface area (Å²) in [5, 5.41) is 6.85. The predicted octanol–water partition coefficient (Wildman–Crippen LogP) is 8.02. The van der Waals surface area contributed by atoms with Gasteiger partial charge in [0.25, 0.3) is 0 Å². The summed E-state index contributed by atoms with van der Waals surface area (Å²) in [7, 11) is 0. The number of hydrogen-bond acceptors (Lipinski definition) is 7. The minimum absolute atomic E-state index is 0.0674. The van der Waals surface area contributed by atoms with Gasteiger partial charge in [-0.05, 0) is 66.4 Å². The van der Waals surface area contributed by atoms with Crippen LogP contribution < -0.4 is 5.32 Å².